The number of methoxy groups -OCH3 is 1. The van der Waals surface area contributed by atoms with E-state index in [1.54, 1.807) is 49.4 Å². The van der Waals surface area contributed by atoms with Crippen molar-refractivity contribution in [3.63, 3.8) is 0 Å². The zero-order valence-electron chi connectivity index (χ0n) is 17.7. The molecule has 0 fully saturated rings. The number of ether oxygens (including phenoxy) is 4. The summed E-state index contributed by atoms with van der Waals surface area (Å²) in [5.74, 6) is -0.905. The molecule has 2 rings (SSSR count). The first-order valence-corrected chi connectivity index (χ1v) is 9.39. The third-order valence-electron chi connectivity index (χ3n) is 4.07. The van der Waals surface area contributed by atoms with Crippen LogP contribution in [0, 0.1) is 0 Å². The molecule has 0 N–H and O–H groups in total. The average molecular weight is 424 g/mol. The van der Waals surface area contributed by atoms with Crippen LogP contribution in [-0.2, 0) is 19.1 Å². The lowest BCUT2D eigenvalue weighted by Crippen LogP contribution is -2.14. The van der Waals surface area contributed by atoms with Crippen LogP contribution in [0.2, 0.25) is 0 Å². The minimum absolute atomic E-state index is 0.0693. The molecule has 0 atom stereocenters. The summed E-state index contributed by atoms with van der Waals surface area (Å²) in [6.45, 7) is 9.96. The molecule has 0 aliphatic heterocycles. The van der Waals surface area contributed by atoms with E-state index in [1.807, 2.05) is 0 Å². The number of rotatable bonds is 9. The van der Waals surface area contributed by atoms with Crippen molar-refractivity contribution in [3.8, 4) is 22.6 Å². The fourth-order valence-electron chi connectivity index (χ4n) is 2.42. The first kappa shape index (κ1) is 23.4. The van der Waals surface area contributed by atoms with E-state index in [9.17, 15) is 14.4 Å². The van der Waals surface area contributed by atoms with Crippen molar-refractivity contribution < 1.29 is 33.3 Å². The second kappa shape index (κ2) is 10.8. The van der Waals surface area contributed by atoms with Crippen molar-refractivity contribution in [1.82, 2.24) is 0 Å². The zero-order chi connectivity index (χ0) is 23.0. The third kappa shape index (κ3) is 6.57. The van der Waals surface area contributed by atoms with Gasteiger partial charge in [-0.05, 0) is 49.2 Å². The zero-order valence-corrected chi connectivity index (χ0v) is 17.7. The molecule has 0 aliphatic carbocycles. The van der Waals surface area contributed by atoms with E-state index in [1.165, 1.54) is 14.0 Å². The fraction of sp³-hybridized carbons (Fsp3) is 0.208. The van der Waals surface area contributed by atoms with Gasteiger partial charge in [0.2, 0.25) is 0 Å². The molecule has 0 aromatic heterocycles. The van der Waals surface area contributed by atoms with Crippen molar-refractivity contribution >= 4 is 17.9 Å². The predicted octanol–water partition coefficient (Wildman–Crippen LogP) is 4.12. The SMILES string of the molecule is C=C(C)C(=O)OCCOC(=O)c1ccc(-c2ccc(OC(=O)C(=C)C)cc2)cc1OC. The molecule has 0 bridgehead atoms. The van der Waals surface area contributed by atoms with Gasteiger partial charge in [0.05, 0.1) is 7.11 Å². The summed E-state index contributed by atoms with van der Waals surface area (Å²) in [5.41, 5.74) is 2.45. The number of hydrogen-bond acceptors (Lipinski definition) is 7. The van der Waals surface area contributed by atoms with E-state index < -0.39 is 17.9 Å². The maximum absolute atomic E-state index is 12.3. The van der Waals surface area contributed by atoms with Gasteiger partial charge < -0.3 is 18.9 Å². The van der Waals surface area contributed by atoms with Gasteiger partial charge in [0.25, 0.3) is 0 Å². The minimum atomic E-state index is -0.600. The maximum Gasteiger partial charge on any atom is 0.342 e. The second-order valence-corrected chi connectivity index (χ2v) is 6.66. The largest absolute Gasteiger partial charge is 0.496 e. The smallest absolute Gasteiger partial charge is 0.342 e. The Kier molecular flexibility index (Phi) is 8.14. The van der Waals surface area contributed by atoms with Gasteiger partial charge in [-0.3, -0.25) is 0 Å². The van der Waals surface area contributed by atoms with Crippen molar-refractivity contribution in [2.45, 2.75) is 13.8 Å². The molecule has 0 heterocycles. The van der Waals surface area contributed by atoms with Crippen molar-refractivity contribution in [1.29, 1.82) is 0 Å². The molecular formula is C24H24O7. The van der Waals surface area contributed by atoms with Gasteiger partial charge in [-0.15, -0.1) is 0 Å². The lowest BCUT2D eigenvalue weighted by molar-refractivity contribution is -0.140. The average Bonchev–Trinajstić information content (AvgIpc) is 2.76. The topological polar surface area (TPSA) is 88.1 Å². The van der Waals surface area contributed by atoms with E-state index in [4.69, 9.17) is 18.9 Å². The molecule has 0 amide bonds. The van der Waals surface area contributed by atoms with Crippen LogP contribution in [0.5, 0.6) is 11.5 Å². The summed E-state index contributed by atoms with van der Waals surface area (Å²) in [6.07, 6.45) is 0. The summed E-state index contributed by atoms with van der Waals surface area (Å²) in [6, 6.07) is 11.9. The van der Waals surface area contributed by atoms with Crippen LogP contribution in [0.4, 0.5) is 0 Å². The van der Waals surface area contributed by atoms with E-state index >= 15 is 0 Å². The highest BCUT2D eigenvalue weighted by atomic mass is 16.6. The molecular weight excluding hydrogens is 400 g/mol. The molecule has 0 radical (unpaired) electrons. The highest BCUT2D eigenvalue weighted by molar-refractivity contribution is 5.93. The monoisotopic (exact) mass is 424 g/mol. The molecule has 7 heteroatoms. The van der Waals surface area contributed by atoms with Crippen molar-refractivity contribution in [3.05, 3.63) is 72.3 Å². The second-order valence-electron chi connectivity index (χ2n) is 6.66. The quantitative estimate of drug-likeness (QED) is 0.259. The Bertz CT molecular complexity index is 1000. The summed E-state index contributed by atoms with van der Waals surface area (Å²) < 4.78 is 20.5. The van der Waals surface area contributed by atoms with Gasteiger partial charge in [0.15, 0.2) is 0 Å². The first-order valence-electron chi connectivity index (χ1n) is 9.39. The summed E-state index contributed by atoms with van der Waals surface area (Å²) >= 11 is 0. The number of carbonyl (C=O) groups is 3. The van der Waals surface area contributed by atoms with E-state index in [0.717, 1.165) is 11.1 Å². The lowest BCUT2D eigenvalue weighted by Gasteiger charge is -2.11. The van der Waals surface area contributed by atoms with Crippen LogP contribution in [0.1, 0.15) is 24.2 Å². The summed E-state index contributed by atoms with van der Waals surface area (Å²) in [5, 5.41) is 0. The number of benzene rings is 2. The Morgan fingerprint density at radius 3 is 1.97 bits per heavy atom. The molecule has 7 nitrogen and oxygen atoms in total. The molecule has 162 valence electrons. The molecule has 2 aromatic rings. The van der Waals surface area contributed by atoms with Crippen LogP contribution in [0.3, 0.4) is 0 Å². The third-order valence-corrected chi connectivity index (χ3v) is 4.07. The van der Waals surface area contributed by atoms with E-state index in [0.29, 0.717) is 17.1 Å². The molecule has 2 aromatic carbocycles. The van der Waals surface area contributed by atoms with Crippen LogP contribution in [0.15, 0.2) is 66.8 Å². The van der Waals surface area contributed by atoms with Gasteiger partial charge in [-0.25, -0.2) is 14.4 Å². The normalized spacial score (nSPS) is 10.0. The summed E-state index contributed by atoms with van der Waals surface area (Å²) in [4.78, 5) is 35.3. The summed E-state index contributed by atoms with van der Waals surface area (Å²) in [7, 11) is 1.45. The first-order chi connectivity index (χ1) is 14.7. The predicted molar refractivity (Wildman–Crippen MR) is 115 cm³/mol. The maximum atomic E-state index is 12.3. The Morgan fingerprint density at radius 1 is 0.806 bits per heavy atom. The lowest BCUT2D eigenvalue weighted by atomic mass is 10.0. The Morgan fingerprint density at radius 2 is 1.39 bits per heavy atom. The highest BCUT2D eigenvalue weighted by Gasteiger charge is 2.15. The Hall–Kier alpha value is -3.87. The number of esters is 3. The van der Waals surface area contributed by atoms with Gasteiger partial charge in [-0.1, -0.05) is 31.4 Å². The van der Waals surface area contributed by atoms with E-state index in [2.05, 4.69) is 13.2 Å². The highest BCUT2D eigenvalue weighted by Crippen LogP contribution is 2.29. The molecule has 0 aliphatic rings. The minimum Gasteiger partial charge on any atom is -0.496 e. The number of hydrogen-bond donors (Lipinski definition) is 0. The van der Waals surface area contributed by atoms with Crippen LogP contribution in [0.25, 0.3) is 11.1 Å². The van der Waals surface area contributed by atoms with Gasteiger partial charge in [0, 0.05) is 11.1 Å². The molecule has 31 heavy (non-hydrogen) atoms. The van der Waals surface area contributed by atoms with Gasteiger partial charge >= 0.3 is 17.9 Å². The fourth-order valence-corrected chi connectivity index (χ4v) is 2.42. The van der Waals surface area contributed by atoms with Crippen LogP contribution >= 0.6 is 0 Å². The molecule has 0 spiro atoms. The Balaban J connectivity index is 2.06. The number of carbonyl (C=O) groups excluding carboxylic acids is 3. The standard InChI is InChI=1S/C24H24O7/c1-15(2)22(25)29-12-13-30-24(27)20-11-8-18(14-21(20)28-5)17-6-9-19(10-7-17)31-23(26)16(3)4/h6-11,14H,1,3,12-13H2,2,4-5H3. The Labute approximate surface area is 180 Å². The molecule has 0 unspecified atom stereocenters. The molecule has 0 saturated carbocycles. The van der Waals surface area contributed by atoms with E-state index in [-0.39, 0.29) is 24.4 Å². The van der Waals surface area contributed by atoms with Crippen molar-refractivity contribution in [2.75, 3.05) is 20.3 Å². The van der Waals surface area contributed by atoms with Crippen LogP contribution < -0.4 is 9.47 Å². The molecule has 0 saturated heterocycles. The van der Waals surface area contributed by atoms with Gasteiger partial charge in [-0.2, -0.15) is 0 Å². The van der Waals surface area contributed by atoms with Gasteiger partial charge in [0.1, 0.15) is 30.3 Å². The van der Waals surface area contributed by atoms with Crippen LogP contribution in [-0.4, -0.2) is 38.2 Å². The van der Waals surface area contributed by atoms with Crippen molar-refractivity contribution in [2.24, 2.45) is 0 Å².